The normalized spacial score (nSPS) is 12.5. The molecule has 0 spiro atoms. The van der Waals surface area contributed by atoms with E-state index in [2.05, 4.69) is 31.3 Å². The van der Waals surface area contributed by atoms with Crippen molar-refractivity contribution >= 4 is 11.9 Å². The van der Waals surface area contributed by atoms with Crippen molar-refractivity contribution in [2.75, 3.05) is 13.2 Å². The molecule has 80 heavy (non-hydrogen) atoms. The number of aliphatic hydroxyl groups is 2. The summed E-state index contributed by atoms with van der Waals surface area (Å²) >= 11 is 0. The number of carbonyl (C=O) groups is 2. The number of aliphatic hydroxyl groups excluding tert-OH is 2. The Morgan fingerprint density at radius 2 is 0.588 bits per heavy atom. The molecule has 0 aliphatic carbocycles. The van der Waals surface area contributed by atoms with Crippen molar-refractivity contribution < 1.29 is 24.5 Å². The highest BCUT2D eigenvalue weighted by molar-refractivity contribution is 5.76. The lowest BCUT2D eigenvalue weighted by Crippen LogP contribution is -2.45. The Morgan fingerprint density at radius 1 is 0.338 bits per heavy atom. The molecule has 0 heterocycles. The highest BCUT2D eigenvalue weighted by Gasteiger charge is 2.20. The molecule has 0 radical (unpaired) electrons. The maximum Gasteiger partial charge on any atom is 0.305 e. The van der Waals surface area contributed by atoms with Crippen LogP contribution in [0.15, 0.2) is 12.2 Å². The molecular formula is C74H145NO5. The van der Waals surface area contributed by atoms with Gasteiger partial charge in [0, 0.05) is 12.8 Å². The lowest BCUT2D eigenvalue weighted by atomic mass is 10.0. The van der Waals surface area contributed by atoms with Crippen molar-refractivity contribution in [1.82, 2.24) is 5.32 Å². The molecule has 0 aromatic carbocycles. The minimum Gasteiger partial charge on any atom is -0.466 e. The Kier molecular flexibility index (Phi) is 68.9. The van der Waals surface area contributed by atoms with Crippen molar-refractivity contribution in [2.45, 2.75) is 437 Å². The lowest BCUT2D eigenvalue weighted by molar-refractivity contribution is -0.143. The van der Waals surface area contributed by atoms with Crippen LogP contribution in [0.5, 0.6) is 0 Å². The molecule has 1 amide bonds. The minimum atomic E-state index is -0.669. The minimum absolute atomic E-state index is 0.0164. The van der Waals surface area contributed by atoms with E-state index in [-0.39, 0.29) is 18.5 Å². The van der Waals surface area contributed by atoms with Crippen LogP contribution in [-0.4, -0.2) is 47.4 Å². The fraction of sp³-hybridized carbons (Fsp3) is 0.946. The highest BCUT2D eigenvalue weighted by Crippen LogP contribution is 2.20. The summed E-state index contributed by atoms with van der Waals surface area (Å²) in [6.07, 6.45) is 87.0. The van der Waals surface area contributed by atoms with Crippen LogP contribution in [0, 0.1) is 0 Å². The molecule has 6 nitrogen and oxygen atoms in total. The summed E-state index contributed by atoms with van der Waals surface area (Å²) in [4.78, 5) is 24.7. The third-order valence-electron chi connectivity index (χ3n) is 17.6. The molecule has 0 aliphatic heterocycles. The second-order valence-corrected chi connectivity index (χ2v) is 25.6. The predicted molar refractivity (Wildman–Crippen MR) is 352 cm³/mol. The monoisotopic (exact) mass is 1130 g/mol. The van der Waals surface area contributed by atoms with Crippen molar-refractivity contribution in [1.29, 1.82) is 0 Å². The van der Waals surface area contributed by atoms with Crippen LogP contribution in [-0.2, 0) is 14.3 Å². The molecule has 0 aliphatic rings. The summed E-state index contributed by atoms with van der Waals surface area (Å²) in [5.74, 6) is -0.0194. The highest BCUT2D eigenvalue weighted by atomic mass is 16.5. The van der Waals surface area contributed by atoms with Gasteiger partial charge in [-0.1, -0.05) is 373 Å². The Labute approximate surface area is 501 Å². The molecule has 2 unspecified atom stereocenters. The molecule has 0 fully saturated rings. The van der Waals surface area contributed by atoms with Gasteiger partial charge in [0.15, 0.2) is 0 Å². The average molecular weight is 1130 g/mol. The quantitative estimate of drug-likeness (QED) is 0.0320. The van der Waals surface area contributed by atoms with E-state index in [1.54, 1.807) is 0 Å². The number of esters is 1. The molecule has 0 saturated carbocycles. The molecule has 0 bridgehead atoms. The first-order valence-electron chi connectivity index (χ1n) is 36.9. The van der Waals surface area contributed by atoms with E-state index in [1.807, 2.05) is 0 Å². The molecule has 476 valence electrons. The smallest absolute Gasteiger partial charge is 0.305 e. The fourth-order valence-electron chi connectivity index (χ4n) is 11.9. The van der Waals surface area contributed by atoms with Gasteiger partial charge in [-0.2, -0.15) is 0 Å². The first-order valence-corrected chi connectivity index (χ1v) is 36.9. The van der Waals surface area contributed by atoms with Gasteiger partial charge in [0.05, 0.1) is 25.4 Å². The van der Waals surface area contributed by atoms with Gasteiger partial charge in [-0.25, -0.2) is 0 Å². The Morgan fingerprint density at radius 3 is 0.887 bits per heavy atom. The van der Waals surface area contributed by atoms with E-state index in [1.165, 1.54) is 353 Å². The number of hydrogen-bond acceptors (Lipinski definition) is 5. The summed E-state index contributed by atoms with van der Waals surface area (Å²) < 4.78 is 5.50. The van der Waals surface area contributed by atoms with Gasteiger partial charge in [0.25, 0.3) is 0 Å². The van der Waals surface area contributed by atoms with Crippen LogP contribution in [0.25, 0.3) is 0 Å². The van der Waals surface area contributed by atoms with Gasteiger partial charge < -0.3 is 20.3 Å². The Bertz CT molecular complexity index is 1210. The molecule has 0 aromatic heterocycles. The van der Waals surface area contributed by atoms with Gasteiger partial charge >= 0.3 is 5.97 Å². The topological polar surface area (TPSA) is 95.9 Å². The van der Waals surface area contributed by atoms with Gasteiger partial charge in [-0.15, -0.1) is 0 Å². The summed E-state index contributed by atoms with van der Waals surface area (Å²) in [5.41, 5.74) is 0. The maximum absolute atomic E-state index is 12.6. The van der Waals surface area contributed by atoms with Crippen molar-refractivity contribution in [2.24, 2.45) is 0 Å². The second-order valence-electron chi connectivity index (χ2n) is 25.6. The van der Waals surface area contributed by atoms with Crippen LogP contribution in [0.2, 0.25) is 0 Å². The van der Waals surface area contributed by atoms with E-state index in [9.17, 15) is 19.8 Å². The molecule has 0 saturated heterocycles. The zero-order valence-electron chi connectivity index (χ0n) is 54.6. The zero-order valence-corrected chi connectivity index (χ0v) is 54.6. The van der Waals surface area contributed by atoms with Crippen LogP contribution < -0.4 is 5.32 Å². The van der Waals surface area contributed by atoms with E-state index < -0.39 is 12.1 Å². The first kappa shape index (κ1) is 78.6. The number of hydrogen-bond donors (Lipinski definition) is 3. The van der Waals surface area contributed by atoms with Crippen molar-refractivity contribution in [3.05, 3.63) is 12.2 Å². The Hall–Kier alpha value is -1.40. The summed E-state index contributed by atoms with van der Waals surface area (Å²) in [6.45, 7) is 5.00. The van der Waals surface area contributed by atoms with Crippen molar-refractivity contribution in [3.8, 4) is 0 Å². The molecule has 3 N–H and O–H groups in total. The molecule has 2 atom stereocenters. The lowest BCUT2D eigenvalue weighted by Gasteiger charge is -2.22. The fourth-order valence-corrected chi connectivity index (χ4v) is 11.9. The number of unbranched alkanes of at least 4 members (excludes halogenated alkanes) is 57. The van der Waals surface area contributed by atoms with Crippen LogP contribution in [0.4, 0.5) is 0 Å². The summed E-state index contributed by atoms with van der Waals surface area (Å²) in [5, 5.41) is 23.4. The number of amides is 1. The second kappa shape index (κ2) is 70.1. The summed E-state index contributed by atoms with van der Waals surface area (Å²) in [7, 11) is 0. The molecule has 0 rings (SSSR count). The maximum atomic E-state index is 12.6. The number of ether oxygens (including phenoxy) is 1. The number of rotatable bonds is 70. The first-order chi connectivity index (χ1) is 39.5. The van der Waals surface area contributed by atoms with Gasteiger partial charge in [-0.05, 0) is 51.4 Å². The zero-order chi connectivity index (χ0) is 57.8. The van der Waals surface area contributed by atoms with Gasteiger partial charge in [0.2, 0.25) is 5.91 Å². The Balaban J connectivity index is 3.39. The number of allylic oxidation sites excluding steroid dienone is 2. The van der Waals surface area contributed by atoms with Gasteiger partial charge in [-0.3, -0.25) is 9.59 Å². The van der Waals surface area contributed by atoms with E-state index in [4.69, 9.17) is 4.74 Å². The van der Waals surface area contributed by atoms with Crippen LogP contribution in [0.1, 0.15) is 425 Å². The van der Waals surface area contributed by atoms with E-state index in [0.717, 1.165) is 38.5 Å². The number of nitrogens with one attached hydrogen (secondary N) is 1. The molecular weight excluding hydrogens is 983 g/mol. The summed E-state index contributed by atoms with van der Waals surface area (Å²) in [6, 6.07) is -0.547. The SMILES string of the molecule is CCCCCCCCCCCCCCCCCCCCCCCCCCC(O)C(CO)NC(=O)CCCCCCCCC/C=C\CCCCCCCCCCCCCCOC(=O)CCCCCCCCCCCCCCCCCC. The van der Waals surface area contributed by atoms with E-state index >= 15 is 0 Å². The third-order valence-corrected chi connectivity index (χ3v) is 17.6. The molecule has 6 heteroatoms. The average Bonchev–Trinajstić information content (AvgIpc) is 3.46. The third kappa shape index (κ3) is 65.7. The predicted octanol–water partition coefficient (Wildman–Crippen LogP) is 23.9. The largest absolute Gasteiger partial charge is 0.466 e. The van der Waals surface area contributed by atoms with Gasteiger partial charge in [0.1, 0.15) is 0 Å². The number of carbonyl (C=O) groups excluding carboxylic acids is 2. The van der Waals surface area contributed by atoms with Crippen LogP contribution >= 0.6 is 0 Å². The van der Waals surface area contributed by atoms with Crippen LogP contribution in [0.3, 0.4) is 0 Å². The van der Waals surface area contributed by atoms with Crippen molar-refractivity contribution in [3.63, 3.8) is 0 Å². The standard InChI is InChI=1S/C74H145NO5/c1-3-5-7-9-11-13-15-17-19-21-22-23-24-26-29-32-35-38-42-46-50-54-58-62-66-72(77)71(70-76)75-73(78)67-63-59-55-51-47-43-39-36-33-30-27-25-28-31-34-37-41-45-49-53-57-61-65-69-80-74(79)68-64-60-56-52-48-44-40-20-18-16-14-12-10-8-6-4-2/h30,33,71-72,76-77H,3-29,31-32,34-70H2,1-2H3,(H,75,78)/b33-30-. The van der Waals surface area contributed by atoms with E-state index in [0.29, 0.717) is 25.9 Å². The molecule has 0 aromatic rings.